The Morgan fingerprint density at radius 1 is 1.17 bits per heavy atom. The summed E-state index contributed by atoms with van der Waals surface area (Å²) in [6.07, 6.45) is 4.11. The number of aliphatic hydroxyl groups is 1. The molecule has 2 aromatic rings. The van der Waals surface area contributed by atoms with Gasteiger partial charge in [-0.05, 0) is 35.7 Å². The molecule has 4 rings (SSSR count). The van der Waals surface area contributed by atoms with Crippen LogP contribution < -0.4 is 9.47 Å². The van der Waals surface area contributed by atoms with Crippen LogP contribution in [0.5, 0.6) is 11.5 Å². The highest BCUT2D eigenvalue weighted by Crippen LogP contribution is 2.37. The van der Waals surface area contributed by atoms with Crippen molar-refractivity contribution < 1.29 is 14.6 Å². The second-order valence-electron chi connectivity index (χ2n) is 6.38. The number of halogens is 1. The van der Waals surface area contributed by atoms with Gasteiger partial charge in [0.05, 0.1) is 6.10 Å². The van der Waals surface area contributed by atoms with Crippen molar-refractivity contribution in [2.24, 2.45) is 5.92 Å². The average molecular weight is 347 g/mol. The van der Waals surface area contributed by atoms with Crippen LogP contribution in [0.3, 0.4) is 0 Å². The van der Waals surface area contributed by atoms with Crippen LogP contribution in [0.1, 0.15) is 11.1 Å². The molecule has 2 aliphatic heterocycles. The quantitative estimate of drug-likeness (QED) is 0.921. The molecule has 2 aliphatic rings. The van der Waals surface area contributed by atoms with Crippen molar-refractivity contribution in [3.8, 4) is 11.5 Å². The van der Waals surface area contributed by atoms with Gasteiger partial charge < -0.3 is 14.6 Å². The molecule has 2 atom stereocenters. The van der Waals surface area contributed by atoms with Crippen molar-refractivity contribution in [1.82, 2.24) is 9.88 Å². The highest BCUT2D eigenvalue weighted by atomic mass is 35.5. The number of nitrogens with zero attached hydrogens (tertiary/aromatic N) is 2. The Bertz CT molecular complexity index is 726. The molecule has 0 unspecified atom stereocenters. The third kappa shape index (κ3) is 3.20. The van der Waals surface area contributed by atoms with Gasteiger partial charge in [0.25, 0.3) is 0 Å². The summed E-state index contributed by atoms with van der Waals surface area (Å²) in [5.41, 5.74) is 2.20. The van der Waals surface area contributed by atoms with Gasteiger partial charge in [0, 0.05) is 49.0 Å². The maximum Gasteiger partial charge on any atom is 0.231 e. The Labute approximate surface area is 145 Å². The molecule has 3 heterocycles. The third-order valence-electron chi connectivity index (χ3n) is 4.66. The fourth-order valence-electron chi connectivity index (χ4n) is 3.41. The number of hydrogen-bond donors (Lipinski definition) is 1. The van der Waals surface area contributed by atoms with E-state index in [0.717, 1.165) is 24.3 Å². The molecule has 0 spiro atoms. The molecule has 1 aromatic carbocycles. The van der Waals surface area contributed by atoms with Crippen LogP contribution >= 0.6 is 11.6 Å². The van der Waals surface area contributed by atoms with Gasteiger partial charge in [0.2, 0.25) is 6.79 Å². The predicted octanol–water partition coefficient (Wildman–Crippen LogP) is 2.50. The summed E-state index contributed by atoms with van der Waals surface area (Å²) in [5.74, 6) is 1.66. The lowest BCUT2D eigenvalue weighted by Gasteiger charge is -2.17. The van der Waals surface area contributed by atoms with Crippen LogP contribution in [0.4, 0.5) is 0 Å². The molecule has 0 aliphatic carbocycles. The SMILES string of the molecule is O[C@@H]1CN(Cc2cc3c(cc2Cl)OCO3)C[C@H]1Cc1ccncc1. The predicted molar refractivity (Wildman–Crippen MR) is 90.3 cm³/mol. The van der Waals surface area contributed by atoms with Gasteiger partial charge in [-0.15, -0.1) is 0 Å². The van der Waals surface area contributed by atoms with E-state index in [1.807, 2.05) is 18.2 Å². The summed E-state index contributed by atoms with van der Waals surface area (Å²) in [6, 6.07) is 7.75. The monoisotopic (exact) mass is 346 g/mol. The van der Waals surface area contributed by atoms with Crippen LogP contribution in [0.2, 0.25) is 5.02 Å². The van der Waals surface area contributed by atoms with E-state index in [1.54, 1.807) is 18.5 Å². The zero-order chi connectivity index (χ0) is 16.5. The van der Waals surface area contributed by atoms with Gasteiger partial charge in [-0.1, -0.05) is 11.6 Å². The zero-order valence-electron chi connectivity index (χ0n) is 13.2. The number of rotatable bonds is 4. The first-order valence-corrected chi connectivity index (χ1v) is 8.44. The largest absolute Gasteiger partial charge is 0.454 e. The van der Waals surface area contributed by atoms with Crippen molar-refractivity contribution >= 4 is 11.6 Å². The first-order valence-electron chi connectivity index (χ1n) is 8.06. The molecule has 1 saturated heterocycles. The number of ether oxygens (including phenoxy) is 2. The number of aromatic nitrogens is 1. The summed E-state index contributed by atoms with van der Waals surface area (Å²) >= 11 is 6.36. The number of aliphatic hydroxyl groups excluding tert-OH is 1. The van der Waals surface area contributed by atoms with E-state index in [-0.39, 0.29) is 18.8 Å². The topological polar surface area (TPSA) is 54.8 Å². The number of fused-ring (bicyclic) bond motifs is 1. The molecule has 1 N–H and O–H groups in total. The Kier molecular flexibility index (Phi) is 4.31. The fourth-order valence-corrected chi connectivity index (χ4v) is 3.63. The van der Waals surface area contributed by atoms with Crippen molar-refractivity contribution in [2.45, 2.75) is 19.1 Å². The normalized spacial score (nSPS) is 22.9. The maximum absolute atomic E-state index is 10.4. The Morgan fingerprint density at radius 3 is 2.71 bits per heavy atom. The molecule has 1 aromatic heterocycles. The maximum atomic E-state index is 10.4. The summed E-state index contributed by atoms with van der Waals surface area (Å²) < 4.78 is 10.8. The Hall–Kier alpha value is -1.82. The highest BCUT2D eigenvalue weighted by molar-refractivity contribution is 6.31. The number of pyridine rings is 1. The molecule has 0 amide bonds. The van der Waals surface area contributed by atoms with Crippen LogP contribution in [-0.2, 0) is 13.0 Å². The van der Waals surface area contributed by atoms with Gasteiger partial charge in [-0.3, -0.25) is 9.88 Å². The smallest absolute Gasteiger partial charge is 0.231 e. The van der Waals surface area contributed by atoms with E-state index in [9.17, 15) is 5.11 Å². The van der Waals surface area contributed by atoms with Crippen LogP contribution in [-0.4, -0.2) is 41.0 Å². The molecule has 1 fully saturated rings. The first kappa shape index (κ1) is 15.7. The summed E-state index contributed by atoms with van der Waals surface area (Å²) in [6.45, 7) is 2.43. The molecular formula is C18H19ClN2O3. The van der Waals surface area contributed by atoms with E-state index < -0.39 is 0 Å². The molecular weight excluding hydrogens is 328 g/mol. The second-order valence-corrected chi connectivity index (χ2v) is 6.79. The molecule has 0 bridgehead atoms. The third-order valence-corrected chi connectivity index (χ3v) is 5.02. The van der Waals surface area contributed by atoms with Gasteiger partial charge in [0.15, 0.2) is 11.5 Å². The summed E-state index contributed by atoms with van der Waals surface area (Å²) in [5, 5.41) is 11.1. The molecule has 6 heteroatoms. The summed E-state index contributed by atoms with van der Waals surface area (Å²) in [4.78, 5) is 6.27. The van der Waals surface area contributed by atoms with E-state index in [1.165, 1.54) is 5.56 Å². The van der Waals surface area contributed by atoms with Crippen LogP contribution in [0.15, 0.2) is 36.7 Å². The van der Waals surface area contributed by atoms with Crippen molar-refractivity contribution in [2.75, 3.05) is 19.9 Å². The lowest BCUT2D eigenvalue weighted by molar-refractivity contribution is 0.141. The second kappa shape index (κ2) is 6.59. The van der Waals surface area contributed by atoms with E-state index in [4.69, 9.17) is 21.1 Å². The lowest BCUT2D eigenvalue weighted by Crippen LogP contribution is -2.21. The van der Waals surface area contributed by atoms with Crippen LogP contribution in [0.25, 0.3) is 0 Å². The summed E-state index contributed by atoms with van der Waals surface area (Å²) in [7, 11) is 0. The lowest BCUT2D eigenvalue weighted by atomic mass is 9.97. The Morgan fingerprint density at radius 2 is 1.92 bits per heavy atom. The number of benzene rings is 1. The van der Waals surface area contributed by atoms with Gasteiger partial charge in [-0.2, -0.15) is 0 Å². The minimum absolute atomic E-state index is 0.222. The standard InChI is InChI=1S/C18H19ClN2O3/c19-15-7-18-17(23-11-24-18)6-13(15)8-21-9-14(16(22)10-21)5-12-1-3-20-4-2-12/h1-4,6-7,14,16,22H,5,8-11H2/t14-,16-/m1/s1. The minimum atomic E-state index is -0.328. The fraction of sp³-hybridized carbons (Fsp3) is 0.389. The number of β-amino-alcohol motifs (C(OH)–C–C–N with tert-alkyl or cyclic N) is 1. The highest BCUT2D eigenvalue weighted by Gasteiger charge is 2.31. The zero-order valence-corrected chi connectivity index (χ0v) is 13.9. The van der Waals surface area contributed by atoms with Crippen molar-refractivity contribution in [1.29, 1.82) is 0 Å². The van der Waals surface area contributed by atoms with Gasteiger partial charge in [-0.25, -0.2) is 0 Å². The van der Waals surface area contributed by atoms with Crippen molar-refractivity contribution in [3.05, 3.63) is 52.8 Å². The van der Waals surface area contributed by atoms with E-state index >= 15 is 0 Å². The van der Waals surface area contributed by atoms with Gasteiger partial charge in [0.1, 0.15) is 0 Å². The van der Waals surface area contributed by atoms with E-state index in [0.29, 0.717) is 23.9 Å². The molecule has 5 nitrogen and oxygen atoms in total. The molecule has 0 saturated carbocycles. The van der Waals surface area contributed by atoms with Gasteiger partial charge >= 0.3 is 0 Å². The average Bonchev–Trinajstić information content (AvgIpc) is 3.15. The van der Waals surface area contributed by atoms with E-state index in [2.05, 4.69) is 9.88 Å². The molecule has 126 valence electrons. The molecule has 0 radical (unpaired) electrons. The first-order chi connectivity index (χ1) is 11.7. The number of hydrogen-bond acceptors (Lipinski definition) is 5. The van der Waals surface area contributed by atoms with Crippen molar-refractivity contribution in [3.63, 3.8) is 0 Å². The minimum Gasteiger partial charge on any atom is -0.454 e. The Balaban J connectivity index is 1.43. The number of likely N-dealkylation sites (tertiary alicyclic amines) is 1. The molecule has 24 heavy (non-hydrogen) atoms. The van der Waals surface area contributed by atoms with Crippen LogP contribution in [0, 0.1) is 5.92 Å².